The Morgan fingerprint density at radius 3 is 2.72 bits per heavy atom. The summed E-state index contributed by atoms with van der Waals surface area (Å²) in [4.78, 5) is 36.4. The van der Waals surface area contributed by atoms with Gasteiger partial charge in [0.15, 0.2) is 5.82 Å². The molecule has 0 fully saturated rings. The molecule has 3 aromatic rings. The molecule has 1 aliphatic heterocycles. The molecule has 0 atom stereocenters. The minimum absolute atomic E-state index is 0.0421. The standard InChI is InChI=1S/C25H24N4O3/c1-16-9-10-19(12-17(16)2)27-23(30)15-29-24(31)14-22(18-6-4-7-20(13-18)32-3)28-21-8-5-11-26-25(21)29/h4-13H,14-15H2,1-3H3,(H,27,30). The number of hydrogen-bond acceptors (Lipinski definition) is 5. The van der Waals surface area contributed by atoms with E-state index in [2.05, 4.69) is 10.3 Å². The van der Waals surface area contributed by atoms with Crippen molar-refractivity contribution >= 4 is 34.7 Å². The first kappa shape index (κ1) is 21.2. The fourth-order valence-electron chi connectivity index (χ4n) is 3.52. The number of carbonyl (C=O) groups excluding carboxylic acids is 2. The summed E-state index contributed by atoms with van der Waals surface area (Å²) in [7, 11) is 1.59. The number of methoxy groups -OCH3 is 1. The number of nitrogens with one attached hydrogen (secondary N) is 1. The second-order valence-electron chi connectivity index (χ2n) is 7.64. The summed E-state index contributed by atoms with van der Waals surface area (Å²) < 4.78 is 5.30. The molecule has 7 nitrogen and oxygen atoms in total. The van der Waals surface area contributed by atoms with Crippen LogP contribution in [-0.2, 0) is 9.59 Å². The van der Waals surface area contributed by atoms with Crippen molar-refractivity contribution in [3.63, 3.8) is 0 Å². The Hall–Kier alpha value is -4.00. The molecule has 0 saturated heterocycles. The minimum atomic E-state index is -0.303. The first-order valence-corrected chi connectivity index (χ1v) is 10.3. The van der Waals surface area contributed by atoms with Crippen molar-refractivity contribution in [1.82, 2.24) is 4.98 Å². The zero-order chi connectivity index (χ0) is 22.7. The van der Waals surface area contributed by atoms with Crippen LogP contribution in [0.15, 0.2) is 65.8 Å². The van der Waals surface area contributed by atoms with Gasteiger partial charge in [-0.25, -0.2) is 9.98 Å². The van der Waals surface area contributed by atoms with E-state index < -0.39 is 0 Å². The highest BCUT2D eigenvalue weighted by atomic mass is 16.5. The third-order valence-electron chi connectivity index (χ3n) is 5.39. The number of rotatable bonds is 5. The molecule has 0 unspecified atom stereocenters. The molecule has 4 rings (SSSR count). The van der Waals surface area contributed by atoms with Crippen molar-refractivity contribution in [3.05, 3.63) is 77.5 Å². The highest BCUT2D eigenvalue weighted by molar-refractivity contribution is 6.18. The summed E-state index contributed by atoms with van der Waals surface area (Å²) in [5, 5.41) is 2.87. The topological polar surface area (TPSA) is 83.9 Å². The summed E-state index contributed by atoms with van der Waals surface area (Å²) >= 11 is 0. The van der Waals surface area contributed by atoms with E-state index in [9.17, 15) is 9.59 Å². The highest BCUT2D eigenvalue weighted by Gasteiger charge is 2.28. The molecular formula is C25H24N4O3. The molecule has 0 spiro atoms. The van der Waals surface area contributed by atoms with Crippen LogP contribution < -0.4 is 15.0 Å². The third kappa shape index (κ3) is 4.51. The fraction of sp³-hybridized carbons (Fsp3) is 0.200. The van der Waals surface area contributed by atoms with E-state index in [-0.39, 0.29) is 24.8 Å². The number of benzene rings is 2. The molecule has 32 heavy (non-hydrogen) atoms. The van der Waals surface area contributed by atoms with E-state index in [4.69, 9.17) is 9.73 Å². The lowest BCUT2D eigenvalue weighted by atomic mass is 10.1. The maximum atomic E-state index is 13.2. The lowest BCUT2D eigenvalue weighted by Gasteiger charge is -2.20. The maximum Gasteiger partial charge on any atom is 0.244 e. The van der Waals surface area contributed by atoms with Crippen LogP contribution in [0.5, 0.6) is 5.75 Å². The van der Waals surface area contributed by atoms with Gasteiger partial charge in [0.1, 0.15) is 18.0 Å². The Kier molecular flexibility index (Phi) is 5.98. The van der Waals surface area contributed by atoms with Crippen molar-refractivity contribution in [2.75, 3.05) is 23.9 Å². The van der Waals surface area contributed by atoms with E-state index in [0.717, 1.165) is 16.7 Å². The molecule has 0 radical (unpaired) electrons. The predicted molar refractivity (Wildman–Crippen MR) is 125 cm³/mol. The number of anilines is 2. The summed E-state index contributed by atoms with van der Waals surface area (Å²) in [5.74, 6) is 0.492. The Balaban J connectivity index is 1.60. The molecule has 162 valence electrons. The molecule has 1 aromatic heterocycles. The van der Waals surface area contributed by atoms with Crippen molar-refractivity contribution in [1.29, 1.82) is 0 Å². The Labute approximate surface area is 186 Å². The van der Waals surface area contributed by atoms with E-state index >= 15 is 0 Å². The Bertz CT molecular complexity index is 1220. The Morgan fingerprint density at radius 2 is 1.94 bits per heavy atom. The van der Waals surface area contributed by atoms with Gasteiger partial charge in [-0.3, -0.25) is 14.5 Å². The molecule has 2 heterocycles. The second-order valence-corrected chi connectivity index (χ2v) is 7.64. The average Bonchev–Trinajstić information content (AvgIpc) is 2.93. The first-order valence-electron chi connectivity index (χ1n) is 10.3. The van der Waals surface area contributed by atoms with Crippen LogP contribution in [0.3, 0.4) is 0 Å². The van der Waals surface area contributed by atoms with E-state index in [1.165, 1.54) is 4.90 Å². The predicted octanol–water partition coefficient (Wildman–Crippen LogP) is 4.20. The second kappa shape index (κ2) is 9.01. The van der Waals surface area contributed by atoms with Crippen LogP contribution in [0.1, 0.15) is 23.1 Å². The van der Waals surface area contributed by atoms with Crippen LogP contribution in [0.25, 0.3) is 0 Å². The van der Waals surface area contributed by atoms with Crippen LogP contribution in [0, 0.1) is 13.8 Å². The van der Waals surface area contributed by atoms with Crippen LogP contribution >= 0.6 is 0 Å². The fourth-order valence-corrected chi connectivity index (χ4v) is 3.52. The molecule has 0 aliphatic carbocycles. The van der Waals surface area contributed by atoms with Crippen LogP contribution in [0.4, 0.5) is 17.2 Å². The number of amides is 2. The van der Waals surface area contributed by atoms with Gasteiger partial charge in [-0.1, -0.05) is 18.2 Å². The number of ether oxygens (including phenoxy) is 1. The minimum Gasteiger partial charge on any atom is -0.497 e. The summed E-state index contributed by atoms with van der Waals surface area (Å²) in [5.41, 5.74) is 4.84. The molecule has 1 aliphatic rings. The maximum absolute atomic E-state index is 13.2. The van der Waals surface area contributed by atoms with Crippen molar-refractivity contribution < 1.29 is 14.3 Å². The number of fused-ring (bicyclic) bond motifs is 1. The number of nitrogens with zero attached hydrogens (tertiary/aromatic N) is 3. The smallest absolute Gasteiger partial charge is 0.244 e. The van der Waals surface area contributed by atoms with E-state index in [0.29, 0.717) is 28.7 Å². The molecule has 0 bridgehead atoms. The van der Waals surface area contributed by atoms with Gasteiger partial charge in [0, 0.05) is 17.4 Å². The number of aromatic nitrogens is 1. The van der Waals surface area contributed by atoms with Gasteiger partial charge in [-0.2, -0.15) is 0 Å². The van der Waals surface area contributed by atoms with E-state index in [1.807, 2.05) is 56.3 Å². The van der Waals surface area contributed by atoms with Gasteiger partial charge in [-0.05, 0) is 61.4 Å². The monoisotopic (exact) mass is 428 g/mol. The molecular weight excluding hydrogens is 404 g/mol. The normalized spacial score (nSPS) is 13.2. The lowest BCUT2D eigenvalue weighted by molar-refractivity contribution is -0.120. The number of carbonyl (C=O) groups is 2. The van der Waals surface area contributed by atoms with Crippen molar-refractivity contribution in [2.45, 2.75) is 20.3 Å². The average molecular weight is 428 g/mol. The van der Waals surface area contributed by atoms with Gasteiger partial charge in [0.25, 0.3) is 0 Å². The van der Waals surface area contributed by atoms with Gasteiger partial charge < -0.3 is 10.1 Å². The number of aryl methyl sites for hydroxylation is 2. The van der Waals surface area contributed by atoms with Crippen LogP contribution in [0.2, 0.25) is 0 Å². The van der Waals surface area contributed by atoms with Crippen LogP contribution in [-0.4, -0.2) is 36.2 Å². The number of aliphatic imine (C=N–C) groups is 1. The molecule has 7 heteroatoms. The quantitative estimate of drug-likeness (QED) is 0.660. The molecule has 0 saturated carbocycles. The molecule has 2 amide bonds. The Morgan fingerprint density at radius 1 is 1.09 bits per heavy atom. The summed E-state index contributed by atoms with van der Waals surface area (Å²) in [6.45, 7) is 3.84. The number of pyridine rings is 1. The van der Waals surface area contributed by atoms with Crippen molar-refractivity contribution in [3.8, 4) is 5.75 Å². The lowest BCUT2D eigenvalue weighted by Crippen LogP contribution is -2.39. The zero-order valence-electron chi connectivity index (χ0n) is 18.3. The van der Waals surface area contributed by atoms with Gasteiger partial charge in [-0.15, -0.1) is 0 Å². The number of hydrogen-bond donors (Lipinski definition) is 1. The van der Waals surface area contributed by atoms with E-state index in [1.54, 1.807) is 25.4 Å². The third-order valence-corrected chi connectivity index (χ3v) is 5.39. The van der Waals surface area contributed by atoms with Gasteiger partial charge in [0.05, 0.1) is 19.2 Å². The SMILES string of the molecule is COc1cccc(C2=Nc3cccnc3N(CC(=O)Nc3ccc(C)c(C)c3)C(=O)C2)c1. The van der Waals surface area contributed by atoms with Crippen molar-refractivity contribution in [2.24, 2.45) is 4.99 Å². The summed E-state index contributed by atoms with van der Waals surface area (Å²) in [6, 6.07) is 16.7. The molecule has 2 aromatic carbocycles. The zero-order valence-corrected chi connectivity index (χ0v) is 18.3. The molecule has 1 N–H and O–H groups in total. The highest BCUT2D eigenvalue weighted by Crippen LogP contribution is 2.31. The van der Waals surface area contributed by atoms with Gasteiger partial charge in [0.2, 0.25) is 11.8 Å². The largest absolute Gasteiger partial charge is 0.497 e. The first-order chi connectivity index (χ1) is 15.4. The van der Waals surface area contributed by atoms with Gasteiger partial charge >= 0.3 is 0 Å². The summed E-state index contributed by atoms with van der Waals surface area (Å²) in [6.07, 6.45) is 1.63.